The van der Waals surface area contributed by atoms with Gasteiger partial charge in [0.15, 0.2) is 0 Å². The van der Waals surface area contributed by atoms with Crippen LogP contribution in [0.25, 0.3) is 5.78 Å². The zero-order chi connectivity index (χ0) is 13.1. The lowest BCUT2D eigenvalue weighted by atomic mass is 10.3. The van der Waals surface area contributed by atoms with Crippen LogP contribution in [-0.2, 0) is 6.42 Å². The Labute approximate surface area is 105 Å². The molecule has 0 aliphatic rings. The van der Waals surface area contributed by atoms with Crippen LogP contribution < -0.4 is 10.9 Å². The molecule has 98 valence electrons. The minimum absolute atomic E-state index is 0.114. The first-order valence-electron chi connectivity index (χ1n) is 6.25. The van der Waals surface area contributed by atoms with E-state index in [4.69, 9.17) is 0 Å². The summed E-state index contributed by atoms with van der Waals surface area (Å²) in [5, 5.41) is 6.33. The normalized spacial score (nSPS) is 11.6. The standard InChI is InChI=1S/C12H19N5O/c1-8(2)13-6-4-5-10-15-12-14-9(3)7-11(18)17(12)16-10/h7-8,13H,4-6H2,1-3H3,(H,14,15,16). The molecule has 0 aromatic carbocycles. The summed E-state index contributed by atoms with van der Waals surface area (Å²) in [4.78, 5) is 20.2. The minimum Gasteiger partial charge on any atom is -0.315 e. The molecular weight excluding hydrogens is 230 g/mol. The van der Waals surface area contributed by atoms with Gasteiger partial charge in [-0.05, 0) is 19.9 Å². The zero-order valence-electron chi connectivity index (χ0n) is 11.0. The van der Waals surface area contributed by atoms with Gasteiger partial charge < -0.3 is 5.32 Å². The molecule has 2 rings (SSSR count). The third kappa shape index (κ3) is 2.95. The van der Waals surface area contributed by atoms with Gasteiger partial charge in [-0.3, -0.25) is 9.89 Å². The van der Waals surface area contributed by atoms with Crippen molar-refractivity contribution in [3.05, 3.63) is 27.9 Å². The Hall–Kier alpha value is -1.69. The molecule has 0 unspecified atom stereocenters. The molecule has 0 radical (unpaired) electrons. The van der Waals surface area contributed by atoms with Crippen LogP contribution in [0.5, 0.6) is 0 Å². The van der Waals surface area contributed by atoms with Crippen LogP contribution in [0.4, 0.5) is 0 Å². The molecule has 0 saturated heterocycles. The van der Waals surface area contributed by atoms with E-state index in [0.29, 0.717) is 17.5 Å². The van der Waals surface area contributed by atoms with E-state index in [1.165, 1.54) is 10.6 Å². The van der Waals surface area contributed by atoms with Gasteiger partial charge in [0, 0.05) is 24.2 Å². The lowest BCUT2D eigenvalue weighted by Crippen LogP contribution is -2.24. The second kappa shape index (κ2) is 5.30. The van der Waals surface area contributed by atoms with Gasteiger partial charge in [-0.1, -0.05) is 13.8 Å². The predicted octanol–water partition coefficient (Wildman–Crippen LogP) is 0.657. The summed E-state index contributed by atoms with van der Waals surface area (Å²) in [6, 6.07) is 1.99. The predicted molar refractivity (Wildman–Crippen MR) is 69.8 cm³/mol. The number of nitrogens with zero attached hydrogens (tertiary/aromatic N) is 3. The van der Waals surface area contributed by atoms with Crippen LogP contribution in [0, 0.1) is 6.92 Å². The maximum Gasteiger partial charge on any atom is 0.274 e. The Kier molecular flexibility index (Phi) is 3.76. The van der Waals surface area contributed by atoms with Crippen LogP contribution in [0.2, 0.25) is 0 Å². The average Bonchev–Trinajstić information content (AvgIpc) is 2.67. The first-order chi connectivity index (χ1) is 8.56. The van der Waals surface area contributed by atoms with Crippen molar-refractivity contribution in [1.82, 2.24) is 24.9 Å². The van der Waals surface area contributed by atoms with Gasteiger partial charge in [0.2, 0.25) is 0 Å². The Morgan fingerprint density at radius 3 is 2.94 bits per heavy atom. The number of aromatic nitrogens is 4. The molecule has 6 nitrogen and oxygen atoms in total. The Morgan fingerprint density at radius 2 is 2.22 bits per heavy atom. The number of hydrogen-bond acceptors (Lipinski definition) is 4. The van der Waals surface area contributed by atoms with E-state index in [9.17, 15) is 4.79 Å². The van der Waals surface area contributed by atoms with Crippen LogP contribution in [0.15, 0.2) is 10.9 Å². The molecule has 0 atom stereocenters. The summed E-state index contributed by atoms with van der Waals surface area (Å²) in [6.45, 7) is 6.97. The van der Waals surface area contributed by atoms with Gasteiger partial charge in [-0.2, -0.15) is 9.50 Å². The quantitative estimate of drug-likeness (QED) is 0.763. The average molecular weight is 249 g/mol. The van der Waals surface area contributed by atoms with Crippen molar-refractivity contribution in [2.45, 2.75) is 39.7 Å². The fourth-order valence-corrected chi connectivity index (χ4v) is 1.80. The van der Waals surface area contributed by atoms with E-state index in [2.05, 4.69) is 34.2 Å². The smallest absolute Gasteiger partial charge is 0.274 e. The lowest BCUT2D eigenvalue weighted by molar-refractivity contribution is 0.566. The molecule has 0 aliphatic heterocycles. The summed E-state index contributed by atoms with van der Waals surface area (Å²) >= 11 is 0. The largest absolute Gasteiger partial charge is 0.315 e. The number of aryl methyl sites for hydroxylation is 2. The van der Waals surface area contributed by atoms with Crippen molar-refractivity contribution in [3.63, 3.8) is 0 Å². The molecular formula is C12H19N5O. The van der Waals surface area contributed by atoms with Gasteiger partial charge in [-0.25, -0.2) is 4.98 Å². The SMILES string of the molecule is Cc1cc(=O)n2[nH]c(CCCNC(C)C)nc2n1. The van der Waals surface area contributed by atoms with E-state index in [-0.39, 0.29) is 5.56 Å². The highest BCUT2D eigenvalue weighted by atomic mass is 16.1. The Morgan fingerprint density at radius 1 is 1.44 bits per heavy atom. The van der Waals surface area contributed by atoms with Gasteiger partial charge in [0.05, 0.1) is 0 Å². The molecule has 0 fully saturated rings. The second-order valence-electron chi connectivity index (χ2n) is 4.75. The maximum atomic E-state index is 11.7. The fraction of sp³-hybridized carbons (Fsp3) is 0.583. The van der Waals surface area contributed by atoms with E-state index in [1.807, 2.05) is 0 Å². The molecule has 2 N–H and O–H groups in total. The van der Waals surface area contributed by atoms with Gasteiger partial charge in [-0.15, -0.1) is 0 Å². The maximum absolute atomic E-state index is 11.7. The second-order valence-corrected chi connectivity index (χ2v) is 4.75. The monoisotopic (exact) mass is 249 g/mol. The van der Waals surface area contributed by atoms with Crippen molar-refractivity contribution in [3.8, 4) is 0 Å². The van der Waals surface area contributed by atoms with Crippen molar-refractivity contribution < 1.29 is 0 Å². The third-order valence-electron chi connectivity index (χ3n) is 2.65. The molecule has 0 bridgehead atoms. The zero-order valence-corrected chi connectivity index (χ0v) is 11.0. The van der Waals surface area contributed by atoms with Gasteiger partial charge in [0.25, 0.3) is 11.3 Å². The number of aromatic amines is 1. The van der Waals surface area contributed by atoms with Crippen LogP contribution in [-0.4, -0.2) is 32.2 Å². The first-order valence-corrected chi connectivity index (χ1v) is 6.25. The van der Waals surface area contributed by atoms with E-state index >= 15 is 0 Å². The molecule has 18 heavy (non-hydrogen) atoms. The fourth-order valence-electron chi connectivity index (χ4n) is 1.80. The summed E-state index contributed by atoms with van der Waals surface area (Å²) in [7, 11) is 0. The summed E-state index contributed by atoms with van der Waals surface area (Å²) in [5.41, 5.74) is 0.580. The summed E-state index contributed by atoms with van der Waals surface area (Å²) in [6.07, 6.45) is 1.79. The Balaban J connectivity index is 2.06. The first kappa shape index (κ1) is 12.8. The molecule has 2 aromatic heterocycles. The van der Waals surface area contributed by atoms with Crippen molar-refractivity contribution in [2.24, 2.45) is 0 Å². The van der Waals surface area contributed by atoms with E-state index in [0.717, 1.165) is 25.2 Å². The van der Waals surface area contributed by atoms with Gasteiger partial charge in [0.1, 0.15) is 5.82 Å². The molecule has 0 saturated carbocycles. The number of rotatable bonds is 5. The number of fused-ring (bicyclic) bond motifs is 1. The van der Waals surface area contributed by atoms with E-state index in [1.54, 1.807) is 6.92 Å². The lowest BCUT2D eigenvalue weighted by Gasteiger charge is -2.05. The van der Waals surface area contributed by atoms with E-state index < -0.39 is 0 Å². The van der Waals surface area contributed by atoms with Crippen LogP contribution in [0.1, 0.15) is 31.8 Å². The highest BCUT2D eigenvalue weighted by molar-refractivity contribution is 5.27. The molecule has 0 amide bonds. The number of nitrogens with one attached hydrogen (secondary N) is 2. The number of hydrogen-bond donors (Lipinski definition) is 2. The number of H-pyrrole nitrogens is 1. The molecule has 0 aliphatic carbocycles. The molecule has 0 spiro atoms. The summed E-state index contributed by atoms with van der Waals surface area (Å²) in [5.74, 6) is 1.25. The topological polar surface area (TPSA) is 75.1 Å². The highest BCUT2D eigenvalue weighted by Crippen LogP contribution is 1.99. The Bertz CT molecular complexity index is 584. The van der Waals surface area contributed by atoms with Crippen molar-refractivity contribution in [2.75, 3.05) is 6.54 Å². The molecule has 2 aromatic rings. The summed E-state index contributed by atoms with van der Waals surface area (Å²) < 4.78 is 1.39. The van der Waals surface area contributed by atoms with Crippen LogP contribution >= 0.6 is 0 Å². The van der Waals surface area contributed by atoms with Crippen LogP contribution in [0.3, 0.4) is 0 Å². The highest BCUT2D eigenvalue weighted by Gasteiger charge is 2.06. The van der Waals surface area contributed by atoms with Crippen molar-refractivity contribution in [1.29, 1.82) is 0 Å². The van der Waals surface area contributed by atoms with Gasteiger partial charge >= 0.3 is 0 Å². The third-order valence-corrected chi connectivity index (χ3v) is 2.65. The molecule has 2 heterocycles. The minimum atomic E-state index is -0.114. The molecule has 6 heteroatoms. The van der Waals surface area contributed by atoms with Crippen molar-refractivity contribution >= 4 is 5.78 Å².